The molecule has 0 saturated heterocycles. The molecule has 19 heavy (non-hydrogen) atoms. The van der Waals surface area contributed by atoms with E-state index < -0.39 is 16.9 Å². The zero-order chi connectivity index (χ0) is 14.6. The molecule has 0 aliphatic heterocycles. The molecule has 3 N–H and O–H groups in total. The molecule has 1 amide bonds. The largest absolute Gasteiger partial charge is 0.368 e. The van der Waals surface area contributed by atoms with Crippen molar-refractivity contribution in [1.82, 2.24) is 5.32 Å². The van der Waals surface area contributed by atoms with E-state index in [0.717, 1.165) is 5.56 Å². The van der Waals surface area contributed by atoms with Gasteiger partial charge in [-0.05, 0) is 11.0 Å². The Balaban J connectivity index is 2.78. The Bertz CT molecular complexity index is 480. The summed E-state index contributed by atoms with van der Waals surface area (Å²) < 4.78 is 0. The summed E-state index contributed by atoms with van der Waals surface area (Å²) in [5.74, 6) is -0.432. The van der Waals surface area contributed by atoms with Gasteiger partial charge in [-0.15, -0.1) is 0 Å². The Kier molecular flexibility index (Phi) is 4.61. The summed E-state index contributed by atoms with van der Waals surface area (Å²) in [6, 6.07) is 5.80. The molecule has 1 aromatic carbocycles. The van der Waals surface area contributed by atoms with Crippen molar-refractivity contribution in [2.75, 3.05) is 0 Å². The molecule has 0 aromatic heterocycles. The van der Waals surface area contributed by atoms with Crippen molar-refractivity contribution >= 4 is 11.6 Å². The monoisotopic (exact) mass is 265 g/mol. The Morgan fingerprint density at radius 1 is 1.47 bits per heavy atom. The smallest absolute Gasteiger partial charge is 0.269 e. The van der Waals surface area contributed by atoms with Crippen molar-refractivity contribution in [3.8, 4) is 0 Å². The summed E-state index contributed by atoms with van der Waals surface area (Å²) in [5, 5.41) is 13.7. The first-order valence-electron chi connectivity index (χ1n) is 5.98. The van der Waals surface area contributed by atoms with Crippen LogP contribution in [0.4, 0.5) is 5.69 Å². The lowest BCUT2D eigenvalue weighted by atomic mass is 9.86. The molecule has 1 atom stereocenters. The molecule has 0 aliphatic rings. The molecule has 0 fully saturated rings. The Hall–Kier alpha value is -1.95. The highest BCUT2D eigenvalue weighted by Gasteiger charge is 2.28. The van der Waals surface area contributed by atoms with Crippen molar-refractivity contribution < 1.29 is 9.72 Å². The minimum atomic E-state index is -0.494. The highest BCUT2D eigenvalue weighted by Crippen LogP contribution is 2.20. The summed E-state index contributed by atoms with van der Waals surface area (Å²) >= 11 is 0. The molecule has 0 heterocycles. The van der Waals surface area contributed by atoms with Crippen LogP contribution in [0.3, 0.4) is 0 Å². The Labute approximate surface area is 112 Å². The number of nitrogens with one attached hydrogen (secondary N) is 1. The molecular weight excluding hydrogens is 246 g/mol. The van der Waals surface area contributed by atoms with Crippen LogP contribution in [0.2, 0.25) is 0 Å². The average molecular weight is 265 g/mol. The van der Waals surface area contributed by atoms with Gasteiger partial charge in [-0.25, -0.2) is 0 Å². The molecule has 1 rings (SSSR count). The number of hydrogen-bond donors (Lipinski definition) is 2. The number of nitrogens with two attached hydrogens (primary N) is 1. The van der Waals surface area contributed by atoms with E-state index in [-0.39, 0.29) is 11.1 Å². The van der Waals surface area contributed by atoms with Crippen LogP contribution in [0.25, 0.3) is 0 Å². The zero-order valence-electron chi connectivity index (χ0n) is 11.3. The molecule has 0 aliphatic carbocycles. The van der Waals surface area contributed by atoms with Crippen LogP contribution in [-0.4, -0.2) is 16.9 Å². The molecule has 6 heteroatoms. The fourth-order valence-electron chi connectivity index (χ4n) is 1.83. The highest BCUT2D eigenvalue weighted by molar-refractivity contribution is 5.80. The highest BCUT2D eigenvalue weighted by atomic mass is 16.6. The molecule has 0 radical (unpaired) electrons. The first-order valence-corrected chi connectivity index (χ1v) is 5.98. The van der Waals surface area contributed by atoms with Crippen LogP contribution in [0.5, 0.6) is 0 Å². The van der Waals surface area contributed by atoms with Gasteiger partial charge in [0.25, 0.3) is 5.69 Å². The van der Waals surface area contributed by atoms with Crippen molar-refractivity contribution in [3.63, 3.8) is 0 Å². The van der Waals surface area contributed by atoms with Gasteiger partial charge in [-0.2, -0.15) is 0 Å². The Morgan fingerprint density at radius 3 is 2.58 bits per heavy atom. The maximum atomic E-state index is 11.4. The van der Waals surface area contributed by atoms with Gasteiger partial charge in [0.1, 0.15) is 0 Å². The van der Waals surface area contributed by atoms with Gasteiger partial charge in [0.2, 0.25) is 5.91 Å². The molecule has 1 unspecified atom stereocenters. The van der Waals surface area contributed by atoms with Crippen LogP contribution in [-0.2, 0) is 11.3 Å². The number of carbonyl (C=O) groups excluding carboxylic acids is 1. The van der Waals surface area contributed by atoms with E-state index in [1.54, 1.807) is 12.1 Å². The van der Waals surface area contributed by atoms with E-state index in [2.05, 4.69) is 5.32 Å². The number of carbonyl (C=O) groups is 1. The molecule has 1 aromatic rings. The van der Waals surface area contributed by atoms with Crippen LogP contribution in [0.1, 0.15) is 26.3 Å². The fourth-order valence-corrected chi connectivity index (χ4v) is 1.83. The van der Waals surface area contributed by atoms with Crippen LogP contribution in [0, 0.1) is 15.5 Å². The van der Waals surface area contributed by atoms with E-state index in [1.807, 2.05) is 20.8 Å². The first-order chi connectivity index (χ1) is 8.71. The van der Waals surface area contributed by atoms with Crippen LogP contribution >= 0.6 is 0 Å². The van der Waals surface area contributed by atoms with Gasteiger partial charge in [0.15, 0.2) is 0 Å². The second kappa shape index (κ2) is 5.79. The fraction of sp³-hybridized carbons (Fsp3) is 0.462. The second-order valence-corrected chi connectivity index (χ2v) is 5.51. The predicted octanol–water partition coefficient (Wildman–Crippen LogP) is 1.58. The third-order valence-electron chi connectivity index (χ3n) is 2.78. The van der Waals surface area contributed by atoms with Crippen molar-refractivity contribution in [1.29, 1.82) is 0 Å². The molecule has 104 valence electrons. The van der Waals surface area contributed by atoms with Gasteiger partial charge in [0, 0.05) is 18.7 Å². The molecule has 6 nitrogen and oxygen atoms in total. The van der Waals surface area contributed by atoms with E-state index in [0.29, 0.717) is 6.54 Å². The summed E-state index contributed by atoms with van der Waals surface area (Å²) in [6.07, 6.45) is 0. The lowest BCUT2D eigenvalue weighted by molar-refractivity contribution is -0.384. The molecule has 0 bridgehead atoms. The molecule has 0 spiro atoms. The van der Waals surface area contributed by atoms with Gasteiger partial charge < -0.3 is 11.1 Å². The number of benzene rings is 1. The normalized spacial score (nSPS) is 13.0. The summed E-state index contributed by atoms with van der Waals surface area (Å²) in [6.45, 7) is 6.07. The molecule has 0 saturated carbocycles. The zero-order valence-corrected chi connectivity index (χ0v) is 11.3. The average Bonchev–Trinajstić information content (AvgIpc) is 2.27. The maximum Gasteiger partial charge on any atom is 0.269 e. The number of amides is 1. The van der Waals surface area contributed by atoms with Crippen LogP contribution < -0.4 is 11.1 Å². The van der Waals surface area contributed by atoms with E-state index >= 15 is 0 Å². The number of nitro benzene ring substituents is 1. The van der Waals surface area contributed by atoms with Gasteiger partial charge >= 0.3 is 0 Å². The van der Waals surface area contributed by atoms with Gasteiger partial charge in [-0.1, -0.05) is 32.9 Å². The first kappa shape index (κ1) is 15.1. The Morgan fingerprint density at radius 2 is 2.11 bits per heavy atom. The second-order valence-electron chi connectivity index (χ2n) is 5.51. The van der Waals surface area contributed by atoms with Crippen molar-refractivity contribution in [2.24, 2.45) is 11.1 Å². The SMILES string of the molecule is CC(C)(C)C(NCc1cccc([N+](=O)[O-])c1)C(N)=O. The quantitative estimate of drug-likeness (QED) is 0.623. The maximum absolute atomic E-state index is 11.4. The number of nitrogens with zero attached hydrogens (tertiary/aromatic N) is 1. The van der Waals surface area contributed by atoms with Crippen molar-refractivity contribution in [2.45, 2.75) is 33.4 Å². The number of primary amides is 1. The molecular formula is C13H19N3O3. The third kappa shape index (κ3) is 4.33. The summed E-state index contributed by atoms with van der Waals surface area (Å²) in [7, 11) is 0. The lowest BCUT2D eigenvalue weighted by Gasteiger charge is -2.28. The standard InChI is InChI=1S/C13H19N3O3/c1-13(2,3)11(12(14)17)15-8-9-5-4-6-10(7-9)16(18)19/h4-7,11,15H,8H2,1-3H3,(H2,14,17). The van der Waals surface area contributed by atoms with Gasteiger partial charge in [-0.3, -0.25) is 14.9 Å². The summed E-state index contributed by atoms with van der Waals surface area (Å²) in [4.78, 5) is 21.6. The third-order valence-corrected chi connectivity index (χ3v) is 2.78. The van der Waals surface area contributed by atoms with Crippen LogP contribution in [0.15, 0.2) is 24.3 Å². The lowest BCUT2D eigenvalue weighted by Crippen LogP contribution is -2.49. The van der Waals surface area contributed by atoms with E-state index in [4.69, 9.17) is 5.73 Å². The van der Waals surface area contributed by atoms with E-state index in [1.165, 1.54) is 12.1 Å². The minimum absolute atomic E-state index is 0.0330. The topological polar surface area (TPSA) is 98.3 Å². The van der Waals surface area contributed by atoms with E-state index in [9.17, 15) is 14.9 Å². The minimum Gasteiger partial charge on any atom is -0.368 e. The number of hydrogen-bond acceptors (Lipinski definition) is 4. The number of nitro groups is 1. The predicted molar refractivity (Wildman–Crippen MR) is 72.4 cm³/mol. The number of rotatable bonds is 5. The number of non-ortho nitro benzene ring substituents is 1. The van der Waals surface area contributed by atoms with Gasteiger partial charge in [0.05, 0.1) is 11.0 Å². The van der Waals surface area contributed by atoms with Crippen molar-refractivity contribution in [3.05, 3.63) is 39.9 Å². The summed E-state index contributed by atoms with van der Waals surface area (Å²) in [5.41, 5.74) is 5.82.